The molecule has 9 heteroatoms. The maximum absolute atomic E-state index is 13.2. The molecule has 1 heterocycles. The van der Waals surface area contributed by atoms with E-state index in [4.69, 9.17) is 16.3 Å². The fourth-order valence-corrected chi connectivity index (χ4v) is 5.05. The number of carbonyl (C=O) groups is 1. The van der Waals surface area contributed by atoms with E-state index in [9.17, 15) is 13.2 Å². The Morgan fingerprint density at radius 1 is 1.36 bits per heavy atom. The molecule has 0 radical (unpaired) electrons. The maximum atomic E-state index is 13.2. The zero-order valence-electron chi connectivity index (χ0n) is 14.3. The molecule has 0 aromatic heterocycles. The van der Waals surface area contributed by atoms with Crippen molar-refractivity contribution < 1.29 is 17.9 Å². The summed E-state index contributed by atoms with van der Waals surface area (Å²) in [7, 11) is -2.60. The number of nitrogens with one attached hydrogen (secondary N) is 1. The zero-order valence-corrected chi connectivity index (χ0v) is 16.7. The molecule has 1 aliphatic heterocycles. The molecule has 0 saturated carbocycles. The van der Waals surface area contributed by atoms with Gasteiger partial charge in [-0.15, -0.1) is 12.4 Å². The summed E-state index contributed by atoms with van der Waals surface area (Å²) in [6.45, 7) is 3.92. The van der Waals surface area contributed by atoms with E-state index in [-0.39, 0.29) is 28.9 Å². The molecule has 0 atom stereocenters. The Kier molecular flexibility index (Phi) is 8.63. The van der Waals surface area contributed by atoms with Gasteiger partial charge < -0.3 is 10.1 Å². The summed E-state index contributed by atoms with van der Waals surface area (Å²) >= 11 is 5.93. The molecule has 25 heavy (non-hydrogen) atoms. The van der Waals surface area contributed by atoms with Crippen LogP contribution in [0, 0.1) is 0 Å². The molecule has 0 aliphatic carbocycles. The Balaban J connectivity index is 0.00000312. The number of methoxy groups -OCH3 is 1. The Hall–Kier alpha value is -0.860. The van der Waals surface area contributed by atoms with E-state index in [0.717, 1.165) is 25.9 Å². The summed E-state index contributed by atoms with van der Waals surface area (Å²) < 4.78 is 32.7. The van der Waals surface area contributed by atoms with Crippen molar-refractivity contribution in [1.29, 1.82) is 0 Å². The number of piperidine rings is 1. The van der Waals surface area contributed by atoms with Crippen LogP contribution in [0.4, 0.5) is 0 Å². The van der Waals surface area contributed by atoms with Crippen LogP contribution < -0.4 is 5.32 Å². The molecule has 6 nitrogen and oxygen atoms in total. The summed E-state index contributed by atoms with van der Waals surface area (Å²) in [5.74, 6) is -0.710. The van der Waals surface area contributed by atoms with Gasteiger partial charge in [0.05, 0.1) is 17.6 Å². The third-order valence-electron chi connectivity index (χ3n) is 4.09. The van der Waals surface area contributed by atoms with Gasteiger partial charge in [0.25, 0.3) is 0 Å². The molecule has 0 unspecified atom stereocenters. The van der Waals surface area contributed by atoms with Crippen molar-refractivity contribution in [3.63, 3.8) is 0 Å². The number of hydrogen-bond donors (Lipinski definition) is 1. The van der Waals surface area contributed by atoms with Crippen LogP contribution in [0.1, 0.15) is 36.5 Å². The van der Waals surface area contributed by atoms with Gasteiger partial charge in [-0.05, 0) is 50.6 Å². The lowest BCUT2D eigenvalue weighted by molar-refractivity contribution is 0.0596. The molecular weight excluding hydrogens is 387 g/mol. The second-order valence-electron chi connectivity index (χ2n) is 5.73. The Labute approximate surface area is 160 Å². The first-order valence-corrected chi connectivity index (χ1v) is 9.84. The number of ether oxygens (including phenoxy) is 1. The molecule has 0 spiro atoms. The minimum absolute atomic E-state index is 0. The molecule has 1 fully saturated rings. The molecule has 1 saturated heterocycles. The van der Waals surface area contributed by atoms with Crippen molar-refractivity contribution in [3.8, 4) is 0 Å². The van der Waals surface area contributed by atoms with Crippen LogP contribution >= 0.6 is 24.0 Å². The lowest BCUT2D eigenvalue weighted by atomic mass is 10.1. The van der Waals surface area contributed by atoms with Crippen molar-refractivity contribution in [1.82, 2.24) is 9.62 Å². The number of sulfonamides is 1. The molecular formula is C16H24Cl2N2O4S. The van der Waals surface area contributed by atoms with E-state index < -0.39 is 16.0 Å². The lowest BCUT2D eigenvalue weighted by Crippen LogP contribution is -2.46. The van der Waals surface area contributed by atoms with Gasteiger partial charge in [-0.25, -0.2) is 13.2 Å². The highest BCUT2D eigenvalue weighted by Gasteiger charge is 2.34. The summed E-state index contributed by atoms with van der Waals surface area (Å²) in [4.78, 5) is 12.0. The van der Waals surface area contributed by atoms with Crippen LogP contribution in [-0.2, 0) is 14.8 Å². The van der Waals surface area contributed by atoms with Crippen LogP contribution in [0.25, 0.3) is 0 Å². The van der Waals surface area contributed by atoms with Gasteiger partial charge in [-0.3, -0.25) is 0 Å². The summed E-state index contributed by atoms with van der Waals surface area (Å²) in [5, 5.41) is 3.53. The highest BCUT2D eigenvalue weighted by atomic mass is 35.5. The van der Waals surface area contributed by atoms with Crippen LogP contribution in [0.2, 0.25) is 5.02 Å². The normalized spacial score (nSPS) is 15.7. The van der Waals surface area contributed by atoms with E-state index in [1.165, 1.54) is 29.6 Å². The number of nitrogens with zero attached hydrogens (tertiary/aromatic N) is 1. The minimum atomic E-state index is -3.82. The van der Waals surface area contributed by atoms with Gasteiger partial charge in [0, 0.05) is 17.6 Å². The van der Waals surface area contributed by atoms with Gasteiger partial charge in [0.15, 0.2) is 0 Å². The van der Waals surface area contributed by atoms with E-state index in [0.29, 0.717) is 18.0 Å². The SMILES string of the molecule is CCCN(C1CCNCC1)S(=O)(=O)c1ccc(Cl)cc1C(=O)OC.Cl. The molecule has 0 bridgehead atoms. The predicted molar refractivity (Wildman–Crippen MR) is 100 cm³/mol. The van der Waals surface area contributed by atoms with Gasteiger partial charge >= 0.3 is 5.97 Å². The Morgan fingerprint density at radius 2 is 2.00 bits per heavy atom. The standard InChI is InChI=1S/C16H23ClN2O4S.ClH/c1-3-10-19(13-6-8-18-9-7-13)24(21,22)15-5-4-12(17)11-14(15)16(20)23-2;/h4-5,11,13,18H,3,6-10H2,1-2H3;1H. The van der Waals surface area contributed by atoms with E-state index in [2.05, 4.69) is 5.32 Å². The molecule has 1 aromatic carbocycles. The largest absolute Gasteiger partial charge is 0.465 e. The van der Waals surface area contributed by atoms with E-state index in [1.54, 1.807) is 0 Å². The minimum Gasteiger partial charge on any atom is -0.465 e. The second-order valence-corrected chi connectivity index (χ2v) is 8.02. The monoisotopic (exact) mass is 410 g/mol. The number of hydrogen-bond acceptors (Lipinski definition) is 5. The molecule has 2 rings (SSSR count). The van der Waals surface area contributed by atoms with Crippen LogP contribution in [0.3, 0.4) is 0 Å². The number of benzene rings is 1. The lowest BCUT2D eigenvalue weighted by Gasteiger charge is -2.33. The number of carbonyl (C=O) groups excluding carboxylic acids is 1. The van der Waals surface area contributed by atoms with Gasteiger partial charge in [-0.1, -0.05) is 18.5 Å². The third-order valence-corrected chi connectivity index (χ3v) is 6.34. The smallest absolute Gasteiger partial charge is 0.339 e. The van der Waals surface area contributed by atoms with E-state index >= 15 is 0 Å². The van der Waals surface area contributed by atoms with Crippen molar-refractivity contribution in [2.75, 3.05) is 26.7 Å². The first-order chi connectivity index (χ1) is 11.4. The van der Waals surface area contributed by atoms with Crippen LogP contribution in [0.5, 0.6) is 0 Å². The highest BCUT2D eigenvalue weighted by molar-refractivity contribution is 7.89. The van der Waals surface area contributed by atoms with Gasteiger partial charge in [-0.2, -0.15) is 4.31 Å². The van der Waals surface area contributed by atoms with Crippen LogP contribution in [0.15, 0.2) is 23.1 Å². The first-order valence-electron chi connectivity index (χ1n) is 8.02. The fourth-order valence-electron chi connectivity index (χ4n) is 2.94. The average Bonchev–Trinajstić information content (AvgIpc) is 2.59. The molecule has 1 N–H and O–H groups in total. The average molecular weight is 411 g/mol. The first kappa shape index (κ1) is 22.2. The fraction of sp³-hybridized carbons (Fsp3) is 0.562. The second kappa shape index (κ2) is 9.73. The Bertz CT molecular complexity index is 691. The molecule has 0 amide bonds. The summed E-state index contributed by atoms with van der Waals surface area (Å²) in [6.07, 6.45) is 2.20. The summed E-state index contributed by atoms with van der Waals surface area (Å²) in [5.41, 5.74) is -0.0277. The van der Waals surface area contributed by atoms with Crippen LogP contribution in [-0.4, -0.2) is 51.5 Å². The number of halogens is 2. The van der Waals surface area contributed by atoms with Crippen molar-refractivity contribution in [3.05, 3.63) is 28.8 Å². The molecule has 1 aromatic rings. The van der Waals surface area contributed by atoms with Crippen molar-refractivity contribution >= 4 is 40.0 Å². The Morgan fingerprint density at radius 3 is 2.56 bits per heavy atom. The zero-order chi connectivity index (χ0) is 17.7. The topological polar surface area (TPSA) is 75.7 Å². The number of rotatable bonds is 6. The predicted octanol–water partition coefficient (Wildman–Crippen LogP) is 2.70. The van der Waals surface area contributed by atoms with E-state index in [1.807, 2.05) is 6.92 Å². The quantitative estimate of drug-likeness (QED) is 0.729. The van der Waals surface area contributed by atoms with Crippen molar-refractivity contribution in [2.45, 2.75) is 37.1 Å². The van der Waals surface area contributed by atoms with Crippen molar-refractivity contribution in [2.24, 2.45) is 0 Å². The third kappa shape index (κ3) is 5.08. The number of esters is 1. The van der Waals surface area contributed by atoms with Gasteiger partial charge in [0.2, 0.25) is 10.0 Å². The molecule has 1 aliphatic rings. The summed E-state index contributed by atoms with van der Waals surface area (Å²) in [6, 6.07) is 4.13. The highest BCUT2D eigenvalue weighted by Crippen LogP contribution is 2.28. The maximum Gasteiger partial charge on any atom is 0.339 e. The molecule has 142 valence electrons. The van der Waals surface area contributed by atoms with Gasteiger partial charge in [0.1, 0.15) is 0 Å².